The molecular formula is C7H11F2NO3. The Balaban J connectivity index is 4.36. The Morgan fingerprint density at radius 3 is 2.38 bits per heavy atom. The van der Waals surface area contributed by atoms with Crippen LogP contribution in [0.25, 0.3) is 0 Å². The van der Waals surface area contributed by atoms with Crippen molar-refractivity contribution in [3.63, 3.8) is 0 Å². The standard InChI is InChI=1S/C7H11F2NO3/c1-4(10(12)13)6(8)3-7(9)5(2)11/h3-6,11H,1-2H3/b7-3+. The Morgan fingerprint density at radius 1 is 1.62 bits per heavy atom. The summed E-state index contributed by atoms with van der Waals surface area (Å²) in [7, 11) is 0. The zero-order valence-corrected chi connectivity index (χ0v) is 7.28. The van der Waals surface area contributed by atoms with E-state index in [9.17, 15) is 18.9 Å². The number of hydrogen-bond donors (Lipinski definition) is 1. The molecule has 4 nitrogen and oxygen atoms in total. The van der Waals surface area contributed by atoms with Crippen molar-refractivity contribution >= 4 is 0 Å². The van der Waals surface area contributed by atoms with Gasteiger partial charge in [-0.15, -0.1) is 0 Å². The molecule has 0 aliphatic heterocycles. The van der Waals surface area contributed by atoms with Gasteiger partial charge in [-0.05, 0) is 13.0 Å². The molecule has 0 aromatic rings. The molecule has 0 amide bonds. The fourth-order valence-electron chi connectivity index (χ4n) is 0.547. The highest BCUT2D eigenvalue weighted by Gasteiger charge is 2.25. The van der Waals surface area contributed by atoms with Crippen molar-refractivity contribution in [2.24, 2.45) is 0 Å². The number of rotatable bonds is 4. The zero-order valence-electron chi connectivity index (χ0n) is 7.28. The fraction of sp³-hybridized carbons (Fsp3) is 0.714. The predicted molar refractivity (Wildman–Crippen MR) is 42.2 cm³/mol. The largest absolute Gasteiger partial charge is 0.386 e. The Hall–Kier alpha value is -1.04. The third-order valence-electron chi connectivity index (χ3n) is 1.51. The summed E-state index contributed by atoms with van der Waals surface area (Å²) in [6.45, 7) is 2.13. The van der Waals surface area contributed by atoms with E-state index < -0.39 is 29.1 Å². The first-order valence-electron chi connectivity index (χ1n) is 3.69. The van der Waals surface area contributed by atoms with Gasteiger partial charge in [0.15, 0.2) is 6.17 Å². The van der Waals surface area contributed by atoms with E-state index in [4.69, 9.17) is 5.11 Å². The molecule has 3 unspecified atom stereocenters. The zero-order chi connectivity index (χ0) is 10.6. The molecule has 0 fully saturated rings. The fourth-order valence-corrected chi connectivity index (χ4v) is 0.547. The van der Waals surface area contributed by atoms with E-state index in [0.717, 1.165) is 13.8 Å². The topological polar surface area (TPSA) is 63.4 Å². The van der Waals surface area contributed by atoms with Crippen LogP contribution >= 0.6 is 0 Å². The van der Waals surface area contributed by atoms with E-state index in [1.54, 1.807) is 0 Å². The molecule has 3 atom stereocenters. The Bertz CT molecular complexity index is 218. The number of aliphatic hydroxyl groups excluding tert-OH is 1. The van der Waals surface area contributed by atoms with Crippen molar-refractivity contribution in [1.82, 2.24) is 0 Å². The maximum absolute atomic E-state index is 12.8. The highest BCUT2D eigenvalue weighted by atomic mass is 19.1. The summed E-state index contributed by atoms with van der Waals surface area (Å²) in [6, 6.07) is -1.51. The summed E-state index contributed by atoms with van der Waals surface area (Å²) in [6.07, 6.45) is -3.04. The van der Waals surface area contributed by atoms with Gasteiger partial charge in [0, 0.05) is 11.8 Å². The molecule has 0 rings (SSSR count). The van der Waals surface area contributed by atoms with Crippen LogP contribution < -0.4 is 0 Å². The molecule has 0 saturated carbocycles. The van der Waals surface area contributed by atoms with Crippen molar-refractivity contribution < 1.29 is 18.8 Å². The van der Waals surface area contributed by atoms with E-state index >= 15 is 0 Å². The molecule has 76 valence electrons. The Kier molecular flexibility index (Phi) is 4.47. The van der Waals surface area contributed by atoms with E-state index in [0.29, 0.717) is 6.08 Å². The molecule has 0 aromatic carbocycles. The van der Waals surface area contributed by atoms with Gasteiger partial charge in [0.1, 0.15) is 11.9 Å². The summed E-state index contributed by atoms with van der Waals surface area (Å²) in [5.74, 6) is -1.10. The summed E-state index contributed by atoms with van der Waals surface area (Å²) < 4.78 is 25.3. The summed E-state index contributed by atoms with van der Waals surface area (Å²) in [5.41, 5.74) is 0. The maximum Gasteiger partial charge on any atom is 0.244 e. The van der Waals surface area contributed by atoms with Gasteiger partial charge in [0.25, 0.3) is 0 Å². The van der Waals surface area contributed by atoms with Crippen LogP contribution in [0.2, 0.25) is 0 Å². The third-order valence-corrected chi connectivity index (χ3v) is 1.51. The molecule has 6 heteroatoms. The lowest BCUT2D eigenvalue weighted by Gasteiger charge is -2.06. The SMILES string of the molecule is CC(O)/C(F)=C\C(F)C(C)[N+](=O)[O-]. The summed E-state index contributed by atoms with van der Waals surface area (Å²) >= 11 is 0. The van der Waals surface area contributed by atoms with Crippen LogP contribution in [0, 0.1) is 10.1 Å². The van der Waals surface area contributed by atoms with Gasteiger partial charge in [-0.25, -0.2) is 8.78 Å². The van der Waals surface area contributed by atoms with E-state index in [1.807, 2.05) is 0 Å². The van der Waals surface area contributed by atoms with Crippen LogP contribution in [-0.2, 0) is 0 Å². The van der Waals surface area contributed by atoms with Gasteiger partial charge in [0.05, 0.1) is 0 Å². The number of nitro groups is 1. The normalized spacial score (nSPS) is 19.3. The summed E-state index contributed by atoms with van der Waals surface area (Å²) in [5, 5.41) is 18.7. The molecule has 0 heterocycles. The first kappa shape index (κ1) is 12.0. The van der Waals surface area contributed by atoms with Gasteiger partial charge in [0.2, 0.25) is 6.04 Å². The van der Waals surface area contributed by atoms with Crippen molar-refractivity contribution in [2.45, 2.75) is 32.2 Å². The van der Waals surface area contributed by atoms with Crippen LogP contribution in [0.4, 0.5) is 8.78 Å². The minimum Gasteiger partial charge on any atom is -0.386 e. The van der Waals surface area contributed by atoms with Crippen LogP contribution in [0.1, 0.15) is 13.8 Å². The Morgan fingerprint density at radius 2 is 2.08 bits per heavy atom. The van der Waals surface area contributed by atoms with Crippen molar-refractivity contribution in [3.8, 4) is 0 Å². The second-order valence-corrected chi connectivity index (χ2v) is 2.70. The van der Waals surface area contributed by atoms with Gasteiger partial charge in [-0.1, -0.05) is 0 Å². The lowest BCUT2D eigenvalue weighted by Crippen LogP contribution is -2.26. The van der Waals surface area contributed by atoms with Gasteiger partial charge in [-0.3, -0.25) is 10.1 Å². The van der Waals surface area contributed by atoms with Crippen LogP contribution in [0.15, 0.2) is 11.9 Å². The quantitative estimate of drug-likeness (QED) is 0.542. The van der Waals surface area contributed by atoms with Crippen molar-refractivity contribution in [2.75, 3.05) is 0 Å². The number of nitrogens with zero attached hydrogens (tertiary/aromatic N) is 1. The smallest absolute Gasteiger partial charge is 0.244 e. The molecule has 0 radical (unpaired) electrons. The highest BCUT2D eigenvalue weighted by Crippen LogP contribution is 2.11. The third kappa shape index (κ3) is 3.93. The molecular weight excluding hydrogens is 184 g/mol. The number of halogens is 2. The van der Waals surface area contributed by atoms with Gasteiger partial charge in [-0.2, -0.15) is 0 Å². The molecule has 0 saturated heterocycles. The first-order valence-corrected chi connectivity index (χ1v) is 3.69. The number of hydrogen-bond acceptors (Lipinski definition) is 3. The minimum atomic E-state index is -2.02. The summed E-state index contributed by atoms with van der Waals surface area (Å²) in [4.78, 5) is 9.19. The monoisotopic (exact) mass is 195 g/mol. The molecule has 0 aliphatic rings. The highest BCUT2D eigenvalue weighted by molar-refractivity contribution is 5.02. The first-order chi connectivity index (χ1) is 5.86. The molecule has 13 heavy (non-hydrogen) atoms. The van der Waals surface area contributed by atoms with Crippen molar-refractivity contribution in [3.05, 3.63) is 22.0 Å². The molecule has 0 bridgehead atoms. The average Bonchev–Trinajstić information content (AvgIpc) is 2.02. The van der Waals surface area contributed by atoms with E-state index in [2.05, 4.69) is 0 Å². The average molecular weight is 195 g/mol. The molecule has 0 aromatic heterocycles. The van der Waals surface area contributed by atoms with Gasteiger partial charge >= 0.3 is 0 Å². The molecule has 0 spiro atoms. The lowest BCUT2D eigenvalue weighted by molar-refractivity contribution is -0.524. The number of alkyl halides is 1. The minimum absolute atomic E-state index is 0.415. The maximum atomic E-state index is 12.8. The predicted octanol–water partition coefficient (Wildman–Crippen LogP) is 1.22. The van der Waals surface area contributed by atoms with Gasteiger partial charge < -0.3 is 5.11 Å². The van der Waals surface area contributed by atoms with Crippen LogP contribution in [0.3, 0.4) is 0 Å². The number of aliphatic hydroxyl groups is 1. The second kappa shape index (κ2) is 4.86. The van der Waals surface area contributed by atoms with Crippen LogP contribution in [-0.4, -0.2) is 28.3 Å². The van der Waals surface area contributed by atoms with E-state index in [1.165, 1.54) is 0 Å². The second-order valence-electron chi connectivity index (χ2n) is 2.70. The van der Waals surface area contributed by atoms with Crippen LogP contribution in [0.5, 0.6) is 0 Å². The van der Waals surface area contributed by atoms with E-state index in [-0.39, 0.29) is 0 Å². The lowest BCUT2D eigenvalue weighted by atomic mass is 10.2. The van der Waals surface area contributed by atoms with Crippen molar-refractivity contribution in [1.29, 1.82) is 0 Å². The molecule has 1 N–H and O–H groups in total. The Labute approximate surface area is 74.0 Å². The molecule has 0 aliphatic carbocycles.